The number of nitrogens with one attached hydrogen (secondary N) is 4. The van der Waals surface area contributed by atoms with Gasteiger partial charge in [-0.3, -0.25) is 9.59 Å². The number of ether oxygens (including phenoxy) is 1. The third-order valence-electron chi connectivity index (χ3n) is 7.04. The van der Waals surface area contributed by atoms with E-state index in [4.69, 9.17) is 4.74 Å². The number of carboxylic acid groups (broad SMARTS) is 1. The topological polar surface area (TPSA) is 167 Å². The normalized spacial score (nSPS) is 13.4. The minimum absolute atomic E-state index is 0.0219. The van der Waals surface area contributed by atoms with Crippen LogP contribution in [-0.2, 0) is 31.7 Å². The fourth-order valence-electron chi connectivity index (χ4n) is 4.74. The van der Waals surface area contributed by atoms with E-state index < -0.39 is 58.8 Å². The Labute approximate surface area is 267 Å². The van der Waals surface area contributed by atoms with Gasteiger partial charge in [-0.1, -0.05) is 30.3 Å². The maximum Gasteiger partial charge on any atom is 0.416 e. The summed E-state index contributed by atoms with van der Waals surface area (Å²) in [4.78, 5) is 58.8. The van der Waals surface area contributed by atoms with Crippen molar-refractivity contribution >= 4 is 40.6 Å². The molecule has 2 aromatic carbocycles. The van der Waals surface area contributed by atoms with E-state index in [0.29, 0.717) is 5.56 Å². The van der Waals surface area contributed by atoms with Gasteiger partial charge in [-0.05, 0) is 63.9 Å². The zero-order valence-electron chi connectivity index (χ0n) is 26.2. The van der Waals surface area contributed by atoms with Gasteiger partial charge in [-0.25, -0.2) is 14.6 Å². The molecule has 2 unspecified atom stereocenters. The molecule has 2 atom stereocenters. The number of aromatic amines is 1. The maximum atomic E-state index is 13.6. The molecule has 2 heterocycles. The average molecular weight is 657 g/mol. The van der Waals surface area contributed by atoms with Crippen molar-refractivity contribution in [3.8, 4) is 0 Å². The molecule has 12 nitrogen and oxygen atoms in total. The number of para-hydroxylation sites is 1. The lowest BCUT2D eigenvalue weighted by Gasteiger charge is -2.29. The van der Waals surface area contributed by atoms with Crippen LogP contribution in [0.25, 0.3) is 10.9 Å². The maximum absolute atomic E-state index is 13.6. The second-order valence-electron chi connectivity index (χ2n) is 12.4. The van der Waals surface area contributed by atoms with Gasteiger partial charge in [0, 0.05) is 29.7 Å². The highest BCUT2D eigenvalue weighted by Crippen LogP contribution is 2.31. The van der Waals surface area contributed by atoms with Crippen LogP contribution >= 0.6 is 0 Å². The van der Waals surface area contributed by atoms with Crippen molar-refractivity contribution < 1.29 is 42.2 Å². The molecule has 0 aliphatic rings. The molecule has 15 heteroatoms. The Balaban J connectivity index is 1.57. The predicted molar refractivity (Wildman–Crippen MR) is 165 cm³/mol. The number of aromatic nitrogens is 3. The van der Waals surface area contributed by atoms with Gasteiger partial charge in [-0.2, -0.15) is 13.2 Å². The summed E-state index contributed by atoms with van der Waals surface area (Å²) in [6.07, 6.45) is -1.36. The largest absolute Gasteiger partial charge is 0.479 e. The Morgan fingerprint density at radius 1 is 1.00 bits per heavy atom. The van der Waals surface area contributed by atoms with Crippen molar-refractivity contribution in [2.75, 3.05) is 5.32 Å². The minimum Gasteiger partial charge on any atom is -0.479 e. The van der Waals surface area contributed by atoms with Crippen molar-refractivity contribution in [3.05, 3.63) is 83.9 Å². The lowest BCUT2D eigenvalue weighted by molar-refractivity contribution is -0.139. The number of nitrogens with zero attached hydrogens (tertiary/aromatic N) is 2. The van der Waals surface area contributed by atoms with Crippen molar-refractivity contribution in [1.82, 2.24) is 25.2 Å². The highest BCUT2D eigenvalue weighted by atomic mass is 19.4. The number of anilines is 1. The Bertz CT molecular complexity index is 1770. The Kier molecular flexibility index (Phi) is 9.68. The number of alkyl carbamates (subject to hydrolysis) is 1. The molecule has 5 N–H and O–H groups in total. The van der Waals surface area contributed by atoms with Crippen LogP contribution in [0, 0.1) is 0 Å². The van der Waals surface area contributed by atoms with E-state index in [2.05, 4.69) is 25.9 Å². The van der Waals surface area contributed by atoms with E-state index in [-0.39, 0.29) is 17.8 Å². The Morgan fingerprint density at radius 3 is 2.28 bits per heavy atom. The molecule has 0 aliphatic carbocycles. The summed E-state index contributed by atoms with van der Waals surface area (Å²) in [6.45, 7) is 7.91. The Hall–Kier alpha value is -5.34. The third kappa shape index (κ3) is 8.68. The molecule has 2 aromatic heterocycles. The number of halogens is 3. The third-order valence-corrected chi connectivity index (χ3v) is 7.04. The van der Waals surface area contributed by atoms with Gasteiger partial charge >= 0.3 is 18.2 Å². The Morgan fingerprint density at radius 2 is 1.66 bits per heavy atom. The first-order chi connectivity index (χ1) is 21.8. The van der Waals surface area contributed by atoms with Gasteiger partial charge in [0.25, 0.3) is 0 Å². The van der Waals surface area contributed by atoms with E-state index in [0.717, 1.165) is 46.1 Å². The summed E-state index contributed by atoms with van der Waals surface area (Å²) in [7, 11) is 0. The smallest absolute Gasteiger partial charge is 0.416 e. The summed E-state index contributed by atoms with van der Waals surface area (Å²) in [5.74, 6) is -2.84. The van der Waals surface area contributed by atoms with Crippen molar-refractivity contribution in [1.29, 1.82) is 0 Å². The number of imidazole rings is 1. The van der Waals surface area contributed by atoms with Crippen LogP contribution in [0.2, 0.25) is 0 Å². The molecule has 0 radical (unpaired) electrons. The number of H-pyrrole nitrogens is 1. The summed E-state index contributed by atoms with van der Waals surface area (Å²) in [6, 6.07) is 8.38. The van der Waals surface area contributed by atoms with E-state index in [9.17, 15) is 37.5 Å². The first-order valence-electron chi connectivity index (χ1n) is 14.5. The van der Waals surface area contributed by atoms with Crippen LogP contribution in [0.15, 0.2) is 67.3 Å². The van der Waals surface area contributed by atoms with Gasteiger partial charge in [0.15, 0.2) is 11.9 Å². The average Bonchev–Trinajstić information content (AvgIpc) is 3.58. The minimum atomic E-state index is -4.59. The van der Waals surface area contributed by atoms with E-state index in [1.165, 1.54) is 20.0 Å². The molecule has 250 valence electrons. The van der Waals surface area contributed by atoms with Gasteiger partial charge < -0.3 is 35.3 Å². The molecule has 47 heavy (non-hydrogen) atoms. The standard InChI is InChI=1S/C32H35F3N6O6/c1-30(2,3)47-29(46)40-31(4,5)28(45)38-23(14-19-15-36-22-9-7-6-8-21(19)22)26(42)39-24-16-41(17-37-24)25(27(43)44)18-10-12-20(13-11-18)32(33,34)35/h6-13,15-17,23,25,36H,14H2,1-5H3,(H,38,45)(H,39,42)(H,40,46)(H,43,44). The predicted octanol–water partition coefficient (Wildman–Crippen LogP) is 5.03. The van der Waals surface area contributed by atoms with Gasteiger partial charge in [0.2, 0.25) is 11.8 Å². The fraction of sp³-hybridized carbons (Fsp3) is 0.344. The molecule has 0 fully saturated rings. The lowest BCUT2D eigenvalue weighted by Crippen LogP contribution is -2.59. The first-order valence-corrected chi connectivity index (χ1v) is 14.5. The molecular formula is C32H35F3N6O6. The molecule has 3 amide bonds. The van der Waals surface area contributed by atoms with Crippen LogP contribution in [0.4, 0.5) is 23.8 Å². The number of amides is 3. The number of carbonyl (C=O) groups excluding carboxylic acids is 3. The molecule has 4 rings (SSSR count). The molecule has 0 saturated heterocycles. The number of alkyl halides is 3. The summed E-state index contributed by atoms with van der Waals surface area (Å²) < 4.78 is 45.5. The summed E-state index contributed by atoms with van der Waals surface area (Å²) in [5, 5.41) is 18.5. The van der Waals surface area contributed by atoms with Gasteiger partial charge in [-0.15, -0.1) is 0 Å². The molecule has 0 bridgehead atoms. The number of fused-ring (bicyclic) bond motifs is 1. The zero-order valence-corrected chi connectivity index (χ0v) is 26.2. The second-order valence-corrected chi connectivity index (χ2v) is 12.4. The van der Waals surface area contributed by atoms with Crippen molar-refractivity contribution in [2.45, 2.75) is 70.4 Å². The van der Waals surface area contributed by atoms with Crippen LogP contribution in [-0.4, -0.2) is 60.7 Å². The van der Waals surface area contributed by atoms with E-state index in [1.807, 2.05) is 24.3 Å². The summed E-state index contributed by atoms with van der Waals surface area (Å²) in [5.41, 5.74) is -1.69. The first kappa shape index (κ1) is 34.5. The second kappa shape index (κ2) is 13.2. The highest BCUT2D eigenvalue weighted by Gasteiger charge is 2.35. The molecular weight excluding hydrogens is 621 g/mol. The number of benzene rings is 2. The van der Waals surface area contributed by atoms with Gasteiger partial charge in [0.05, 0.1) is 11.9 Å². The van der Waals surface area contributed by atoms with Crippen molar-refractivity contribution in [3.63, 3.8) is 0 Å². The summed E-state index contributed by atoms with van der Waals surface area (Å²) >= 11 is 0. The quantitative estimate of drug-likeness (QED) is 0.160. The van der Waals surface area contributed by atoms with Crippen LogP contribution in [0.1, 0.15) is 57.4 Å². The number of carboxylic acids is 1. The molecule has 4 aromatic rings. The highest BCUT2D eigenvalue weighted by molar-refractivity contribution is 5.99. The molecule has 0 saturated carbocycles. The zero-order chi connectivity index (χ0) is 34.7. The van der Waals surface area contributed by atoms with Crippen LogP contribution in [0.3, 0.4) is 0 Å². The monoisotopic (exact) mass is 656 g/mol. The molecule has 0 spiro atoms. The number of hydrogen-bond donors (Lipinski definition) is 5. The van der Waals surface area contributed by atoms with Crippen LogP contribution in [0.5, 0.6) is 0 Å². The van der Waals surface area contributed by atoms with Gasteiger partial charge in [0.1, 0.15) is 17.2 Å². The number of hydrogen-bond acceptors (Lipinski definition) is 6. The van der Waals surface area contributed by atoms with E-state index in [1.54, 1.807) is 27.0 Å². The fourth-order valence-corrected chi connectivity index (χ4v) is 4.74. The lowest BCUT2D eigenvalue weighted by atomic mass is 10.0. The molecule has 0 aliphatic heterocycles. The van der Waals surface area contributed by atoms with Crippen LogP contribution < -0.4 is 16.0 Å². The number of carbonyl (C=O) groups is 4. The van der Waals surface area contributed by atoms with Crippen molar-refractivity contribution in [2.24, 2.45) is 0 Å². The number of rotatable bonds is 10. The number of aliphatic carboxylic acids is 1. The SMILES string of the molecule is CC(C)(C)OC(=O)NC(C)(C)C(=O)NC(Cc1c[nH]c2ccccc12)C(=O)Nc1cn(C(C(=O)O)c2ccc(C(F)(F)F)cc2)cn1. The van der Waals surface area contributed by atoms with E-state index >= 15 is 0 Å².